The molecule has 2 atom stereocenters. The molecule has 0 spiro atoms. The highest BCUT2D eigenvalue weighted by Gasteiger charge is 2.30. The quantitative estimate of drug-likeness (QED) is 0.101. The van der Waals surface area contributed by atoms with E-state index in [0.717, 1.165) is 0 Å². The molecule has 0 aromatic heterocycles. The molecule has 16 nitrogen and oxygen atoms in total. The first-order chi connectivity index (χ1) is 21.1. The number of alkyl carbamates (subject to hydrolysis) is 2. The van der Waals surface area contributed by atoms with Crippen molar-refractivity contribution in [3.8, 4) is 12.3 Å². The minimum absolute atomic E-state index is 0.0782. The molecule has 7 amide bonds. The van der Waals surface area contributed by atoms with Crippen LogP contribution >= 0.6 is 0 Å². The van der Waals surface area contributed by atoms with Gasteiger partial charge in [-0.05, 0) is 51.7 Å². The number of anilines is 2. The van der Waals surface area contributed by atoms with Gasteiger partial charge in [-0.15, -0.1) is 6.42 Å². The third-order valence-corrected chi connectivity index (χ3v) is 5.72. The summed E-state index contributed by atoms with van der Waals surface area (Å²) in [4.78, 5) is 74.0. The monoisotopic (exact) mass is 633 g/mol. The fraction of sp³-hybridized carbons (Fsp3) is 0.517. The van der Waals surface area contributed by atoms with Crippen LogP contribution in [0.4, 0.5) is 25.8 Å². The number of urea groups is 1. The molecule has 1 aromatic carbocycles. The van der Waals surface area contributed by atoms with Crippen LogP contribution in [0.5, 0.6) is 0 Å². The van der Waals surface area contributed by atoms with Gasteiger partial charge in [-0.2, -0.15) is 0 Å². The zero-order chi connectivity index (χ0) is 34.2. The summed E-state index contributed by atoms with van der Waals surface area (Å²) in [5.74, 6) is -0.204. The maximum Gasteiger partial charge on any atom is 0.408 e. The molecule has 0 fully saturated rings. The fourth-order valence-corrected chi connectivity index (χ4v) is 3.66. The van der Waals surface area contributed by atoms with Crippen LogP contribution in [0.15, 0.2) is 18.2 Å². The van der Waals surface area contributed by atoms with E-state index < -0.39 is 66.8 Å². The van der Waals surface area contributed by atoms with E-state index in [2.05, 4.69) is 42.6 Å². The summed E-state index contributed by atoms with van der Waals surface area (Å²) >= 11 is 0. The molecule has 45 heavy (non-hydrogen) atoms. The van der Waals surface area contributed by atoms with Crippen molar-refractivity contribution in [1.82, 2.24) is 21.3 Å². The Balaban J connectivity index is 3.09. The lowest BCUT2D eigenvalue weighted by Crippen LogP contribution is -2.55. The molecule has 0 aliphatic heterocycles. The number of ether oxygens (including phenoxy) is 2. The first-order valence-corrected chi connectivity index (χ1v) is 14.1. The average Bonchev–Trinajstić information content (AvgIpc) is 2.94. The molecule has 0 unspecified atom stereocenters. The van der Waals surface area contributed by atoms with E-state index in [1.807, 2.05) is 0 Å². The number of hydrogen-bond donors (Lipinski definition) is 8. The van der Waals surface area contributed by atoms with Crippen molar-refractivity contribution in [1.29, 1.82) is 0 Å². The Morgan fingerprint density at radius 3 is 2.27 bits per heavy atom. The van der Waals surface area contributed by atoms with Crippen LogP contribution in [0, 0.1) is 18.3 Å². The summed E-state index contributed by atoms with van der Waals surface area (Å²) in [5, 5.41) is 24.7. The SMILES string of the molecule is C#CCOC(=O)NCC(=O)Nc1cc(NC(=O)[C@H](CCCNC(N)=O)NC(=O)[C@@H](NC(=O)OC(C)(C)C)C(C)C)ccc1CO. The zero-order valence-electron chi connectivity index (χ0n) is 26.1. The Morgan fingerprint density at radius 2 is 1.69 bits per heavy atom. The van der Waals surface area contributed by atoms with Gasteiger partial charge in [0, 0.05) is 23.5 Å². The maximum atomic E-state index is 13.4. The van der Waals surface area contributed by atoms with Gasteiger partial charge < -0.3 is 52.2 Å². The summed E-state index contributed by atoms with van der Waals surface area (Å²) < 4.78 is 9.88. The molecule has 0 radical (unpaired) electrons. The van der Waals surface area contributed by atoms with Gasteiger partial charge in [-0.3, -0.25) is 14.4 Å². The highest BCUT2D eigenvalue weighted by Crippen LogP contribution is 2.22. The number of rotatable bonds is 15. The summed E-state index contributed by atoms with van der Waals surface area (Å²) in [6.45, 7) is 7.39. The average molecular weight is 634 g/mol. The van der Waals surface area contributed by atoms with Crippen LogP contribution in [0.2, 0.25) is 0 Å². The number of nitrogens with two attached hydrogens (primary N) is 1. The maximum absolute atomic E-state index is 13.4. The molecule has 0 bridgehead atoms. The summed E-state index contributed by atoms with van der Waals surface area (Å²) in [5.41, 5.74) is 4.97. The topological polar surface area (TPSA) is 239 Å². The van der Waals surface area contributed by atoms with Crippen LogP contribution in [0.3, 0.4) is 0 Å². The lowest BCUT2D eigenvalue weighted by molar-refractivity contribution is -0.128. The third-order valence-electron chi connectivity index (χ3n) is 5.72. The van der Waals surface area contributed by atoms with E-state index in [1.165, 1.54) is 18.2 Å². The molecule has 9 N–H and O–H groups in total. The lowest BCUT2D eigenvalue weighted by atomic mass is 10.0. The Labute approximate surface area is 261 Å². The number of primary amides is 1. The van der Waals surface area contributed by atoms with Gasteiger partial charge in [-0.1, -0.05) is 25.8 Å². The Hall–Kier alpha value is -5.04. The zero-order valence-corrected chi connectivity index (χ0v) is 26.1. The van der Waals surface area contributed by atoms with Gasteiger partial charge in [0.25, 0.3) is 0 Å². The molecular weight excluding hydrogens is 590 g/mol. The second-order valence-electron chi connectivity index (χ2n) is 11.1. The molecule has 1 aromatic rings. The number of benzene rings is 1. The standard InChI is InChI=1S/C29H43N7O9/c1-7-13-44-27(42)32-15-22(38)34-21-14-19(11-10-18(21)16-37)33-24(39)20(9-8-12-31-26(30)41)35-25(40)23(17(2)3)36-28(43)45-29(4,5)6/h1,10-11,14,17,20,23,37H,8-9,12-13,15-16H2,2-6H3,(H,32,42)(H,33,39)(H,34,38)(H,35,40)(H,36,43)(H3,30,31,41)/t20-,23-/m0/s1. The molecule has 0 heterocycles. The molecule has 0 saturated carbocycles. The van der Waals surface area contributed by atoms with E-state index in [-0.39, 0.29) is 43.3 Å². The Morgan fingerprint density at radius 1 is 1.00 bits per heavy atom. The number of terminal acetylenes is 1. The number of carbonyl (C=O) groups is 6. The van der Waals surface area contributed by atoms with Gasteiger partial charge in [0.15, 0.2) is 6.61 Å². The smallest absolute Gasteiger partial charge is 0.408 e. The van der Waals surface area contributed by atoms with Crippen LogP contribution in [-0.4, -0.2) is 78.4 Å². The number of aliphatic hydroxyl groups is 1. The lowest BCUT2D eigenvalue weighted by Gasteiger charge is -2.27. The molecule has 0 aliphatic carbocycles. The number of carbonyl (C=O) groups excluding carboxylic acids is 6. The minimum Gasteiger partial charge on any atom is -0.444 e. The summed E-state index contributed by atoms with van der Waals surface area (Å²) in [6.07, 6.45) is 3.65. The second-order valence-corrected chi connectivity index (χ2v) is 11.1. The predicted octanol–water partition coefficient (Wildman–Crippen LogP) is 0.898. The third kappa shape index (κ3) is 15.3. The summed E-state index contributed by atoms with van der Waals surface area (Å²) in [7, 11) is 0. The van der Waals surface area contributed by atoms with Crippen molar-refractivity contribution < 1.29 is 43.3 Å². The number of nitrogens with one attached hydrogen (secondary N) is 6. The number of amides is 7. The van der Waals surface area contributed by atoms with Gasteiger partial charge in [-0.25, -0.2) is 14.4 Å². The van der Waals surface area contributed by atoms with Gasteiger partial charge >= 0.3 is 18.2 Å². The number of aliphatic hydroxyl groups excluding tert-OH is 1. The first kappa shape index (κ1) is 38.0. The van der Waals surface area contributed by atoms with Crippen LogP contribution in [0.25, 0.3) is 0 Å². The largest absolute Gasteiger partial charge is 0.444 e. The molecule has 16 heteroatoms. The van der Waals surface area contributed by atoms with E-state index in [1.54, 1.807) is 34.6 Å². The fourth-order valence-electron chi connectivity index (χ4n) is 3.66. The Bertz CT molecular complexity index is 1260. The molecule has 0 aliphatic rings. The van der Waals surface area contributed by atoms with Crippen LogP contribution in [0.1, 0.15) is 53.0 Å². The Kier molecular flexibility index (Phi) is 15.7. The minimum atomic E-state index is -1.12. The van der Waals surface area contributed by atoms with E-state index in [9.17, 15) is 33.9 Å². The number of hydrogen-bond acceptors (Lipinski definition) is 9. The molecule has 248 valence electrons. The molecule has 0 saturated heterocycles. The first-order valence-electron chi connectivity index (χ1n) is 14.1. The van der Waals surface area contributed by atoms with Gasteiger partial charge in [0.2, 0.25) is 17.7 Å². The second kappa shape index (κ2) is 18.6. The van der Waals surface area contributed by atoms with Crippen molar-refractivity contribution in [2.75, 3.05) is 30.3 Å². The normalized spacial score (nSPS) is 12.0. The van der Waals surface area contributed by atoms with E-state index in [0.29, 0.717) is 5.56 Å². The van der Waals surface area contributed by atoms with Crippen LogP contribution < -0.4 is 37.6 Å². The van der Waals surface area contributed by atoms with Crippen molar-refractivity contribution in [3.63, 3.8) is 0 Å². The molecular formula is C29H43N7O9. The van der Waals surface area contributed by atoms with Crippen molar-refractivity contribution in [3.05, 3.63) is 23.8 Å². The van der Waals surface area contributed by atoms with Gasteiger partial charge in [0.05, 0.1) is 6.61 Å². The highest BCUT2D eigenvalue weighted by molar-refractivity contribution is 6.00. The van der Waals surface area contributed by atoms with Crippen molar-refractivity contribution in [2.45, 2.75) is 71.8 Å². The van der Waals surface area contributed by atoms with E-state index >= 15 is 0 Å². The van der Waals surface area contributed by atoms with E-state index in [4.69, 9.17) is 16.9 Å². The van der Waals surface area contributed by atoms with Crippen molar-refractivity contribution in [2.24, 2.45) is 11.7 Å². The summed E-state index contributed by atoms with van der Waals surface area (Å²) in [6, 6.07) is 1.41. The van der Waals surface area contributed by atoms with Crippen LogP contribution in [-0.2, 0) is 30.5 Å². The molecule has 1 rings (SSSR count). The predicted molar refractivity (Wildman–Crippen MR) is 165 cm³/mol. The van der Waals surface area contributed by atoms with Gasteiger partial charge in [0.1, 0.15) is 24.2 Å². The van der Waals surface area contributed by atoms with Crippen molar-refractivity contribution >= 4 is 47.3 Å². The highest BCUT2D eigenvalue weighted by atomic mass is 16.6.